The fourth-order valence-electron chi connectivity index (χ4n) is 0.923. The molecule has 0 saturated heterocycles. The van der Waals surface area contributed by atoms with Gasteiger partial charge in [-0.2, -0.15) is 0 Å². The molecule has 4 nitrogen and oxygen atoms in total. The summed E-state index contributed by atoms with van der Waals surface area (Å²) in [6.07, 6.45) is 4.63. The first kappa shape index (κ1) is 12.4. The van der Waals surface area contributed by atoms with Crippen LogP contribution in [0, 0.1) is 0 Å². The second-order valence-electron chi connectivity index (χ2n) is 3.14. The van der Waals surface area contributed by atoms with E-state index in [4.69, 9.17) is 16.2 Å². The van der Waals surface area contributed by atoms with Crippen molar-refractivity contribution in [3.63, 3.8) is 0 Å². The number of ether oxygens (including phenoxy) is 1. The molecule has 0 spiro atoms. The number of hydrogen-bond acceptors (Lipinski definition) is 3. The molecule has 0 aliphatic heterocycles. The first-order valence-corrected chi connectivity index (χ1v) is 4.81. The predicted octanol–water partition coefficient (Wildman–Crippen LogP) is 0.396. The normalized spacial score (nSPS) is 12.8. The van der Waals surface area contributed by atoms with Crippen LogP contribution in [-0.4, -0.2) is 25.2 Å². The van der Waals surface area contributed by atoms with E-state index in [1.807, 2.05) is 0 Å². The van der Waals surface area contributed by atoms with Crippen molar-refractivity contribution in [1.29, 1.82) is 0 Å². The van der Waals surface area contributed by atoms with E-state index in [2.05, 4.69) is 6.92 Å². The standard InChI is InChI=1S/C9H20N2O2/c1-2-3-4-5-6-13-7-8(10)9(11)12/h8H,2-7,10H2,1H3,(H2,11,12). The first-order chi connectivity index (χ1) is 6.18. The molecular formula is C9H20N2O2. The molecule has 13 heavy (non-hydrogen) atoms. The van der Waals surface area contributed by atoms with Gasteiger partial charge in [0.15, 0.2) is 0 Å². The SMILES string of the molecule is CCCCCCOCC(N)C(N)=O. The van der Waals surface area contributed by atoms with Crippen LogP contribution in [0.15, 0.2) is 0 Å². The fourth-order valence-corrected chi connectivity index (χ4v) is 0.923. The number of hydrogen-bond donors (Lipinski definition) is 2. The number of amides is 1. The van der Waals surface area contributed by atoms with E-state index in [9.17, 15) is 4.79 Å². The maximum absolute atomic E-state index is 10.5. The summed E-state index contributed by atoms with van der Waals surface area (Å²) in [6.45, 7) is 3.06. The van der Waals surface area contributed by atoms with Gasteiger partial charge in [-0.3, -0.25) is 4.79 Å². The van der Waals surface area contributed by atoms with Crippen LogP contribution in [0.3, 0.4) is 0 Å². The minimum atomic E-state index is -0.661. The summed E-state index contributed by atoms with van der Waals surface area (Å²) in [5.41, 5.74) is 10.3. The molecule has 0 aromatic heterocycles. The van der Waals surface area contributed by atoms with Crippen LogP contribution in [0.5, 0.6) is 0 Å². The van der Waals surface area contributed by atoms with Crippen molar-refractivity contribution in [3.8, 4) is 0 Å². The minimum Gasteiger partial charge on any atom is -0.379 e. The molecule has 0 aromatic rings. The minimum absolute atomic E-state index is 0.238. The van der Waals surface area contributed by atoms with Crippen molar-refractivity contribution in [2.45, 2.75) is 38.6 Å². The molecule has 1 unspecified atom stereocenters. The quantitative estimate of drug-likeness (QED) is 0.541. The zero-order valence-corrected chi connectivity index (χ0v) is 8.29. The van der Waals surface area contributed by atoms with Gasteiger partial charge in [0.1, 0.15) is 6.04 Å². The number of carbonyl (C=O) groups is 1. The average molecular weight is 188 g/mol. The van der Waals surface area contributed by atoms with Crippen molar-refractivity contribution in [2.24, 2.45) is 11.5 Å². The molecule has 1 atom stereocenters. The Labute approximate surface area is 79.6 Å². The summed E-state index contributed by atoms with van der Waals surface area (Å²) in [6, 6.07) is -0.661. The Balaban J connectivity index is 3.11. The molecule has 0 radical (unpaired) electrons. The predicted molar refractivity (Wildman–Crippen MR) is 52.1 cm³/mol. The van der Waals surface area contributed by atoms with Crippen LogP contribution < -0.4 is 11.5 Å². The van der Waals surface area contributed by atoms with Gasteiger partial charge in [-0.05, 0) is 6.42 Å². The molecule has 0 aliphatic rings. The van der Waals surface area contributed by atoms with E-state index >= 15 is 0 Å². The van der Waals surface area contributed by atoms with Crippen LogP contribution in [0.4, 0.5) is 0 Å². The fraction of sp³-hybridized carbons (Fsp3) is 0.889. The molecule has 0 aliphatic carbocycles. The monoisotopic (exact) mass is 188 g/mol. The lowest BCUT2D eigenvalue weighted by molar-refractivity contribution is -0.120. The Morgan fingerprint density at radius 2 is 2.08 bits per heavy atom. The van der Waals surface area contributed by atoms with Crippen molar-refractivity contribution in [2.75, 3.05) is 13.2 Å². The Morgan fingerprint density at radius 1 is 1.38 bits per heavy atom. The molecule has 4 heteroatoms. The lowest BCUT2D eigenvalue weighted by Crippen LogP contribution is -2.40. The van der Waals surface area contributed by atoms with Crippen LogP contribution >= 0.6 is 0 Å². The van der Waals surface area contributed by atoms with Crippen molar-refractivity contribution < 1.29 is 9.53 Å². The zero-order chi connectivity index (χ0) is 10.1. The van der Waals surface area contributed by atoms with Crippen LogP contribution in [0.1, 0.15) is 32.6 Å². The third kappa shape index (κ3) is 7.74. The third-order valence-electron chi connectivity index (χ3n) is 1.81. The third-order valence-corrected chi connectivity index (χ3v) is 1.81. The molecule has 1 amide bonds. The average Bonchev–Trinajstić information content (AvgIpc) is 2.10. The molecule has 78 valence electrons. The summed E-state index contributed by atoms with van der Waals surface area (Å²) in [5.74, 6) is -0.506. The molecule has 0 saturated carbocycles. The van der Waals surface area contributed by atoms with E-state index < -0.39 is 11.9 Å². The zero-order valence-electron chi connectivity index (χ0n) is 8.29. The van der Waals surface area contributed by atoms with E-state index in [1.165, 1.54) is 19.3 Å². The van der Waals surface area contributed by atoms with Gasteiger partial charge < -0.3 is 16.2 Å². The van der Waals surface area contributed by atoms with E-state index in [-0.39, 0.29) is 6.61 Å². The van der Waals surface area contributed by atoms with Gasteiger partial charge in [-0.1, -0.05) is 26.2 Å². The smallest absolute Gasteiger partial charge is 0.236 e. The van der Waals surface area contributed by atoms with Gasteiger partial charge in [-0.15, -0.1) is 0 Å². The lowest BCUT2D eigenvalue weighted by atomic mass is 10.2. The first-order valence-electron chi connectivity index (χ1n) is 4.81. The van der Waals surface area contributed by atoms with Gasteiger partial charge in [0.2, 0.25) is 5.91 Å². The highest BCUT2D eigenvalue weighted by atomic mass is 16.5. The molecule has 0 aromatic carbocycles. The van der Waals surface area contributed by atoms with Crippen LogP contribution in [0.25, 0.3) is 0 Å². The van der Waals surface area contributed by atoms with Gasteiger partial charge in [-0.25, -0.2) is 0 Å². The number of rotatable bonds is 8. The Morgan fingerprint density at radius 3 is 2.62 bits per heavy atom. The number of nitrogens with two attached hydrogens (primary N) is 2. The van der Waals surface area contributed by atoms with Gasteiger partial charge in [0, 0.05) is 6.61 Å². The van der Waals surface area contributed by atoms with E-state index in [0.29, 0.717) is 6.61 Å². The maximum Gasteiger partial charge on any atom is 0.236 e. The largest absolute Gasteiger partial charge is 0.379 e. The van der Waals surface area contributed by atoms with Crippen molar-refractivity contribution in [3.05, 3.63) is 0 Å². The van der Waals surface area contributed by atoms with Gasteiger partial charge in [0.05, 0.1) is 6.61 Å². The van der Waals surface area contributed by atoms with E-state index in [1.54, 1.807) is 0 Å². The second kappa shape index (κ2) is 8.01. The van der Waals surface area contributed by atoms with E-state index in [0.717, 1.165) is 6.42 Å². The van der Waals surface area contributed by atoms with Gasteiger partial charge >= 0.3 is 0 Å². The highest BCUT2D eigenvalue weighted by molar-refractivity contribution is 5.79. The molecule has 0 rings (SSSR count). The summed E-state index contributed by atoms with van der Waals surface area (Å²) in [7, 11) is 0. The number of carbonyl (C=O) groups excluding carboxylic acids is 1. The second-order valence-corrected chi connectivity index (χ2v) is 3.14. The van der Waals surface area contributed by atoms with Crippen molar-refractivity contribution in [1.82, 2.24) is 0 Å². The van der Waals surface area contributed by atoms with Gasteiger partial charge in [0.25, 0.3) is 0 Å². The molecule has 4 N–H and O–H groups in total. The van der Waals surface area contributed by atoms with Crippen LogP contribution in [0.2, 0.25) is 0 Å². The molecule has 0 fully saturated rings. The summed E-state index contributed by atoms with van der Waals surface area (Å²) < 4.78 is 5.18. The lowest BCUT2D eigenvalue weighted by Gasteiger charge is -2.07. The molecule has 0 bridgehead atoms. The Hall–Kier alpha value is -0.610. The van der Waals surface area contributed by atoms with Crippen molar-refractivity contribution >= 4 is 5.91 Å². The Bertz CT molecular complexity index is 140. The molecular weight excluding hydrogens is 168 g/mol. The summed E-state index contributed by atoms with van der Waals surface area (Å²) in [4.78, 5) is 10.5. The number of primary amides is 1. The highest BCUT2D eigenvalue weighted by Crippen LogP contribution is 1.98. The number of unbranched alkanes of at least 4 members (excludes halogenated alkanes) is 3. The molecule has 0 heterocycles. The summed E-state index contributed by atoms with van der Waals surface area (Å²) >= 11 is 0. The Kier molecular flexibility index (Phi) is 7.63. The topological polar surface area (TPSA) is 78.3 Å². The summed E-state index contributed by atoms with van der Waals surface area (Å²) in [5, 5.41) is 0. The maximum atomic E-state index is 10.5. The van der Waals surface area contributed by atoms with Crippen LogP contribution in [-0.2, 0) is 9.53 Å². The highest BCUT2D eigenvalue weighted by Gasteiger charge is 2.07.